The Hall–Kier alpha value is -2.32. The Kier molecular flexibility index (Phi) is 7.55. The van der Waals surface area contributed by atoms with E-state index in [0.717, 1.165) is 24.1 Å². The zero-order valence-electron chi connectivity index (χ0n) is 17.6. The summed E-state index contributed by atoms with van der Waals surface area (Å²) in [7, 11) is -3.47. The van der Waals surface area contributed by atoms with Crippen molar-refractivity contribution in [3.8, 4) is 0 Å². The highest BCUT2D eigenvalue weighted by atomic mass is 32.2. The molecule has 0 N–H and O–H groups in total. The molecule has 1 fully saturated rings. The van der Waals surface area contributed by atoms with Crippen LogP contribution in [0.15, 0.2) is 41.4 Å². The summed E-state index contributed by atoms with van der Waals surface area (Å²) in [5.74, 6) is 0.490. The van der Waals surface area contributed by atoms with Crippen LogP contribution in [0.1, 0.15) is 49.2 Å². The Labute approximate surface area is 178 Å². The number of sulfone groups is 1. The third kappa shape index (κ3) is 5.64. The molecule has 1 unspecified atom stereocenters. The number of likely N-dealkylation sites (tertiary alicyclic amines) is 1. The zero-order valence-corrected chi connectivity index (χ0v) is 18.4. The van der Waals surface area contributed by atoms with Crippen LogP contribution in [0.2, 0.25) is 0 Å². The summed E-state index contributed by atoms with van der Waals surface area (Å²) < 4.78 is 30.5. The van der Waals surface area contributed by atoms with Crippen LogP contribution in [0.25, 0.3) is 0 Å². The molecular weight excluding hydrogens is 402 g/mol. The van der Waals surface area contributed by atoms with Gasteiger partial charge in [0.25, 0.3) is 0 Å². The molecule has 0 aliphatic carbocycles. The average molecular weight is 432 g/mol. The van der Waals surface area contributed by atoms with Gasteiger partial charge in [0.2, 0.25) is 5.91 Å². The summed E-state index contributed by atoms with van der Waals surface area (Å²) in [6.07, 6.45) is 3.58. The number of aryl methyl sites for hydroxylation is 1. The Balaban J connectivity index is 1.66. The van der Waals surface area contributed by atoms with Crippen LogP contribution in [-0.2, 0) is 26.0 Å². The van der Waals surface area contributed by atoms with Crippen molar-refractivity contribution in [2.75, 3.05) is 25.4 Å². The van der Waals surface area contributed by atoms with Gasteiger partial charge in [-0.15, -0.1) is 0 Å². The third-order valence-corrected chi connectivity index (χ3v) is 7.06. The van der Waals surface area contributed by atoms with E-state index in [1.165, 1.54) is 0 Å². The average Bonchev–Trinajstić information content (AvgIpc) is 2.77. The van der Waals surface area contributed by atoms with Gasteiger partial charge in [0.05, 0.1) is 22.9 Å². The minimum absolute atomic E-state index is 0.0153. The van der Waals surface area contributed by atoms with Gasteiger partial charge in [-0.2, -0.15) is 0 Å². The maximum atomic E-state index is 12.8. The molecule has 8 heteroatoms. The molecule has 2 heterocycles. The second-order valence-corrected chi connectivity index (χ2v) is 9.63. The molecule has 1 atom stereocenters. The molecule has 3 rings (SSSR count). The monoisotopic (exact) mass is 431 g/mol. The van der Waals surface area contributed by atoms with Crippen molar-refractivity contribution in [2.24, 2.45) is 0 Å². The topological polar surface area (TPSA) is 89.5 Å². The third-order valence-electron chi connectivity index (χ3n) is 5.33. The number of piperidine rings is 1. The molecule has 1 amide bonds. The van der Waals surface area contributed by atoms with Gasteiger partial charge in [-0.3, -0.25) is 4.79 Å². The lowest BCUT2D eigenvalue weighted by Gasteiger charge is -2.33. The van der Waals surface area contributed by atoms with Crippen molar-refractivity contribution < 1.29 is 17.9 Å². The largest absolute Gasteiger partial charge is 0.377 e. The molecule has 30 heavy (non-hydrogen) atoms. The quantitative estimate of drug-likeness (QED) is 0.638. The van der Waals surface area contributed by atoms with E-state index in [2.05, 4.69) is 9.97 Å². The number of carbonyl (C=O) groups excluding carboxylic acids is 1. The van der Waals surface area contributed by atoms with E-state index >= 15 is 0 Å². The molecule has 2 aromatic rings. The van der Waals surface area contributed by atoms with Crippen LogP contribution in [0.4, 0.5) is 0 Å². The number of hydrogen-bond donors (Lipinski definition) is 0. The lowest BCUT2D eigenvalue weighted by Crippen LogP contribution is -2.40. The first-order valence-corrected chi connectivity index (χ1v) is 12.0. The second kappa shape index (κ2) is 10.1. The fourth-order valence-electron chi connectivity index (χ4n) is 3.74. The molecule has 1 aliphatic heterocycles. The van der Waals surface area contributed by atoms with E-state index in [9.17, 15) is 13.2 Å². The van der Waals surface area contributed by atoms with Gasteiger partial charge in [0, 0.05) is 43.8 Å². The first kappa shape index (κ1) is 22.4. The number of aromatic nitrogens is 2. The Morgan fingerprint density at radius 3 is 2.77 bits per heavy atom. The number of nitrogens with zero attached hydrogens (tertiary/aromatic N) is 3. The maximum Gasteiger partial charge on any atom is 0.223 e. The minimum atomic E-state index is -3.47. The Bertz CT molecular complexity index is 964. The molecule has 0 bridgehead atoms. The number of carbonyl (C=O) groups is 1. The normalized spacial score (nSPS) is 17.1. The van der Waals surface area contributed by atoms with Crippen molar-refractivity contribution in [1.29, 1.82) is 0 Å². The Morgan fingerprint density at radius 2 is 2.03 bits per heavy atom. The summed E-state index contributed by atoms with van der Waals surface area (Å²) in [4.78, 5) is 23.7. The van der Waals surface area contributed by atoms with Crippen LogP contribution >= 0.6 is 0 Å². The van der Waals surface area contributed by atoms with Crippen LogP contribution in [0, 0.1) is 6.92 Å². The maximum absolute atomic E-state index is 12.8. The lowest BCUT2D eigenvalue weighted by atomic mass is 9.92. The van der Waals surface area contributed by atoms with Gasteiger partial charge in [0.1, 0.15) is 5.82 Å². The summed E-state index contributed by atoms with van der Waals surface area (Å²) in [5, 5.41) is 0. The zero-order chi connectivity index (χ0) is 21.6. The lowest BCUT2D eigenvalue weighted by molar-refractivity contribution is -0.132. The van der Waals surface area contributed by atoms with Crippen molar-refractivity contribution in [1.82, 2.24) is 14.9 Å². The highest BCUT2D eigenvalue weighted by molar-refractivity contribution is 7.91. The standard InChI is InChI=1S/C22H29N3O4S/c1-3-29-16-19-14-23-17(2)24-22(19)18-8-7-12-25(15-18)21(26)11-13-30(27,28)20-9-5-4-6-10-20/h4-6,9-10,14,18H,3,7-8,11-13,15-16H2,1-2H3. The van der Waals surface area contributed by atoms with Gasteiger partial charge in [0.15, 0.2) is 9.84 Å². The van der Waals surface area contributed by atoms with Crippen molar-refractivity contribution in [3.05, 3.63) is 53.6 Å². The molecule has 0 spiro atoms. The van der Waals surface area contributed by atoms with Crippen LogP contribution in [0.3, 0.4) is 0 Å². The number of hydrogen-bond acceptors (Lipinski definition) is 6. The van der Waals surface area contributed by atoms with Crippen molar-refractivity contribution in [3.63, 3.8) is 0 Å². The molecule has 1 saturated heterocycles. The van der Waals surface area contributed by atoms with Gasteiger partial charge in [-0.1, -0.05) is 18.2 Å². The SMILES string of the molecule is CCOCc1cnc(C)nc1C1CCCN(C(=O)CCS(=O)(=O)c2ccccc2)C1. The molecule has 162 valence electrons. The number of rotatable bonds is 8. The van der Waals surface area contributed by atoms with Gasteiger partial charge >= 0.3 is 0 Å². The van der Waals surface area contributed by atoms with Crippen LogP contribution < -0.4 is 0 Å². The minimum Gasteiger partial charge on any atom is -0.377 e. The predicted octanol–water partition coefficient (Wildman–Crippen LogP) is 2.89. The van der Waals surface area contributed by atoms with E-state index in [1.807, 2.05) is 13.8 Å². The predicted molar refractivity (Wildman–Crippen MR) is 114 cm³/mol. The number of benzene rings is 1. The highest BCUT2D eigenvalue weighted by Crippen LogP contribution is 2.29. The van der Waals surface area contributed by atoms with Gasteiger partial charge in [-0.05, 0) is 38.8 Å². The van der Waals surface area contributed by atoms with E-state index < -0.39 is 9.84 Å². The molecule has 0 radical (unpaired) electrons. The van der Waals surface area contributed by atoms with Gasteiger partial charge < -0.3 is 9.64 Å². The summed E-state index contributed by atoms with van der Waals surface area (Å²) in [6.45, 7) is 6.04. The van der Waals surface area contributed by atoms with E-state index in [0.29, 0.717) is 32.1 Å². The first-order valence-electron chi connectivity index (χ1n) is 10.4. The molecule has 1 aromatic carbocycles. The molecule has 7 nitrogen and oxygen atoms in total. The summed E-state index contributed by atoms with van der Waals surface area (Å²) in [5.41, 5.74) is 1.89. The smallest absolute Gasteiger partial charge is 0.223 e. The number of amides is 1. The van der Waals surface area contributed by atoms with E-state index in [1.54, 1.807) is 41.4 Å². The first-order chi connectivity index (χ1) is 14.4. The van der Waals surface area contributed by atoms with E-state index in [4.69, 9.17) is 4.74 Å². The van der Waals surface area contributed by atoms with Crippen molar-refractivity contribution >= 4 is 15.7 Å². The molecular formula is C22H29N3O4S. The molecule has 1 aliphatic rings. The van der Waals surface area contributed by atoms with Crippen LogP contribution in [0.5, 0.6) is 0 Å². The van der Waals surface area contributed by atoms with Crippen LogP contribution in [-0.4, -0.2) is 54.6 Å². The van der Waals surface area contributed by atoms with E-state index in [-0.39, 0.29) is 28.9 Å². The number of ether oxygens (including phenoxy) is 1. The fraction of sp³-hybridized carbons (Fsp3) is 0.500. The highest BCUT2D eigenvalue weighted by Gasteiger charge is 2.28. The molecule has 0 saturated carbocycles. The fourth-order valence-corrected chi connectivity index (χ4v) is 4.99. The Morgan fingerprint density at radius 1 is 1.27 bits per heavy atom. The summed E-state index contributed by atoms with van der Waals surface area (Å²) >= 11 is 0. The second-order valence-electron chi connectivity index (χ2n) is 7.53. The molecule has 1 aromatic heterocycles. The summed E-state index contributed by atoms with van der Waals surface area (Å²) in [6, 6.07) is 8.27. The van der Waals surface area contributed by atoms with Gasteiger partial charge in [-0.25, -0.2) is 18.4 Å². The van der Waals surface area contributed by atoms with Crippen molar-refractivity contribution in [2.45, 2.75) is 50.5 Å².